The Hall–Kier alpha value is -3.02. The van der Waals surface area contributed by atoms with Crippen LogP contribution < -0.4 is 4.90 Å². The number of carbonyl (C=O) groups excluding carboxylic acids is 2. The molecule has 3 aromatic carbocycles. The molecule has 1 N–H and O–H groups in total. The average Bonchev–Trinajstić information content (AvgIpc) is 3.02. The van der Waals surface area contributed by atoms with Crippen LogP contribution in [0.4, 0.5) is 5.69 Å². The summed E-state index contributed by atoms with van der Waals surface area (Å²) in [6, 6.07) is 20.6. The molecule has 5 rings (SSSR count). The van der Waals surface area contributed by atoms with Gasteiger partial charge in [0.05, 0.1) is 18.8 Å². The van der Waals surface area contributed by atoms with Gasteiger partial charge in [0.15, 0.2) is 11.4 Å². The minimum absolute atomic E-state index is 0.235. The number of ketones is 1. The Morgan fingerprint density at radius 1 is 1.00 bits per heavy atom. The lowest BCUT2D eigenvalue weighted by Gasteiger charge is -2.34. The van der Waals surface area contributed by atoms with Crippen molar-refractivity contribution in [2.24, 2.45) is 5.92 Å². The third kappa shape index (κ3) is 3.51. The molecule has 0 bridgehead atoms. The molecule has 32 heavy (non-hydrogen) atoms. The summed E-state index contributed by atoms with van der Waals surface area (Å²) in [5.41, 5.74) is -0.105. The van der Waals surface area contributed by atoms with E-state index in [0.29, 0.717) is 29.4 Å². The first-order chi connectivity index (χ1) is 15.5. The molecule has 2 aliphatic rings. The predicted molar refractivity (Wildman–Crippen MR) is 126 cm³/mol. The number of piperidine rings is 1. The van der Waals surface area contributed by atoms with Gasteiger partial charge in [-0.3, -0.25) is 19.4 Å². The van der Waals surface area contributed by atoms with Crippen LogP contribution in [-0.2, 0) is 10.4 Å². The smallest absolute Gasteiger partial charge is 0.265 e. The fourth-order valence-corrected chi connectivity index (χ4v) is 5.02. The van der Waals surface area contributed by atoms with Gasteiger partial charge in [-0.2, -0.15) is 0 Å². The van der Waals surface area contributed by atoms with E-state index < -0.39 is 11.5 Å². The van der Waals surface area contributed by atoms with E-state index >= 15 is 0 Å². The molecule has 0 aliphatic carbocycles. The zero-order valence-electron chi connectivity index (χ0n) is 18.3. The van der Waals surface area contributed by atoms with Crippen molar-refractivity contribution in [3.63, 3.8) is 0 Å². The summed E-state index contributed by atoms with van der Waals surface area (Å²) in [6.45, 7) is 4.56. The van der Waals surface area contributed by atoms with Crippen molar-refractivity contribution >= 4 is 28.2 Å². The topological polar surface area (TPSA) is 60.9 Å². The SMILES string of the molecule is CC1CCN(CN2C(=O)C(O)(CC(=O)c3cccc4ccccc34)c3ccccc32)CC1. The molecular weight excluding hydrogens is 400 g/mol. The molecule has 0 spiro atoms. The Bertz CT molecular complexity index is 1180. The van der Waals surface area contributed by atoms with E-state index in [0.717, 1.165) is 36.7 Å². The minimum atomic E-state index is -1.85. The molecule has 1 amide bonds. The van der Waals surface area contributed by atoms with E-state index in [4.69, 9.17) is 0 Å². The first kappa shape index (κ1) is 20.9. The molecular formula is C27H28N2O3. The number of benzene rings is 3. The predicted octanol–water partition coefficient (Wildman–Crippen LogP) is 4.34. The Morgan fingerprint density at radius 2 is 1.69 bits per heavy atom. The quantitative estimate of drug-likeness (QED) is 0.615. The number of para-hydroxylation sites is 1. The van der Waals surface area contributed by atoms with E-state index in [1.54, 1.807) is 17.0 Å². The summed E-state index contributed by atoms with van der Waals surface area (Å²) in [7, 11) is 0. The summed E-state index contributed by atoms with van der Waals surface area (Å²) < 4.78 is 0. The van der Waals surface area contributed by atoms with Crippen molar-refractivity contribution in [2.75, 3.05) is 24.7 Å². The molecule has 0 radical (unpaired) electrons. The monoisotopic (exact) mass is 428 g/mol. The number of nitrogens with zero attached hydrogens (tertiary/aromatic N) is 2. The van der Waals surface area contributed by atoms with Crippen LogP contribution >= 0.6 is 0 Å². The van der Waals surface area contributed by atoms with E-state index in [2.05, 4.69) is 11.8 Å². The summed E-state index contributed by atoms with van der Waals surface area (Å²) in [4.78, 5) is 30.8. The van der Waals surface area contributed by atoms with Crippen LogP contribution in [0.3, 0.4) is 0 Å². The highest BCUT2D eigenvalue weighted by molar-refractivity contribution is 6.13. The highest BCUT2D eigenvalue weighted by Crippen LogP contribution is 2.43. The van der Waals surface area contributed by atoms with Gasteiger partial charge in [-0.05, 0) is 35.6 Å². The molecule has 5 heteroatoms. The van der Waals surface area contributed by atoms with Gasteiger partial charge >= 0.3 is 0 Å². The second-order valence-corrected chi connectivity index (χ2v) is 9.18. The van der Waals surface area contributed by atoms with Crippen LogP contribution in [-0.4, -0.2) is 41.5 Å². The lowest BCUT2D eigenvalue weighted by molar-refractivity contribution is -0.136. The van der Waals surface area contributed by atoms with Gasteiger partial charge in [0.1, 0.15) is 0 Å². The van der Waals surface area contributed by atoms with Crippen LogP contribution in [0.2, 0.25) is 0 Å². The molecule has 1 atom stereocenters. The second-order valence-electron chi connectivity index (χ2n) is 9.18. The van der Waals surface area contributed by atoms with Crippen molar-refractivity contribution in [2.45, 2.75) is 31.8 Å². The van der Waals surface area contributed by atoms with E-state index in [-0.39, 0.29) is 12.2 Å². The van der Waals surface area contributed by atoms with Crippen molar-refractivity contribution < 1.29 is 14.7 Å². The molecule has 5 nitrogen and oxygen atoms in total. The van der Waals surface area contributed by atoms with Crippen LogP contribution in [0.1, 0.15) is 42.1 Å². The molecule has 1 unspecified atom stereocenters. The lowest BCUT2D eigenvalue weighted by Crippen LogP contribution is -2.48. The standard InChI is InChI=1S/C27H28N2O3/c1-19-13-15-28(16-14-19)18-29-24-12-5-4-11-23(24)27(32,26(29)31)17-25(30)22-10-6-8-20-7-2-3-9-21(20)22/h2-12,19,32H,13-18H2,1H3. The highest BCUT2D eigenvalue weighted by Gasteiger charge is 2.51. The summed E-state index contributed by atoms with van der Waals surface area (Å²) in [6.07, 6.45) is 1.94. The normalized spacial score (nSPS) is 21.8. The zero-order valence-corrected chi connectivity index (χ0v) is 18.3. The lowest BCUT2D eigenvalue weighted by atomic mass is 9.87. The zero-order chi connectivity index (χ0) is 22.3. The van der Waals surface area contributed by atoms with E-state index in [1.807, 2.05) is 54.6 Å². The fraction of sp³-hybridized carbons (Fsp3) is 0.333. The van der Waals surface area contributed by atoms with E-state index in [9.17, 15) is 14.7 Å². The summed E-state index contributed by atoms with van der Waals surface area (Å²) in [5, 5.41) is 13.4. The maximum absolute atomic E-state index is 13.5. The van der Waals surface area contributed by atoms with Crippen molar-refractivity contribution in [1.82, 2.24) is 4.90 Å². The van der Waals surface area contributed by atoms with Crippen molar-refractivity contribution in [3.05, 3.63) is 77.9 Å². The number of aliphatic hydroxyl groups is 1. The summed E-state index contributed by atoms with van der Waals surface area (Å²) in [5.74, 6) is 0.0510. The van der Waals surface area contributed by atoms with Gasteiger partial charge < -0.3 is 5.11 Å². The number of fused-ring (bicyclic) bond motifs is 2. The maximum Gasteiger partial charge on any atom is 0.265 e. The van der Waals surface area contributed by atoms with Gasteiger partial charge in [0, 0.05) is 24.2 Å². The third-order valence-electron chi connectivity index (χ3n) is 6.96. The first-order valence-corrected chi connectivity index (χ1v) is 11.3. The number of likely N-dealkylation sites (tertiary alicyclic amines) is 1. The number of hydrogen-bond acceptors (Lipinski definition) is 4. The molecule has 0 saturated carbocycles. The maximum atomic E-state index is 13.5. The van der Waals surface area contributed by atoms with Crippen molar-refractivity contribution in [3.8, 4) is 0 Å². The molecule has 3 aromatic rings. The summed E-state index contributed by atoms with van der Waals surface area (Å²) >= 11 is 0. The van der Waals surface area contributed by atoms with Gasteiger partial charge in [0.25, 0.3) is 5.91 Å². The van der Waals surface area contributed by atoms with Gasteiger partial charge in [-0.1, -0.05) is 67.6 Å². The molecule has 0 aromatic heterocycles. The number of amides is 1. The molecule has 1 fully saturated rings. The molecule has 2 heterocycles. The second kappa shape index (κ2) is 8.15. The number of anilines is 1. The Labute approximate surface area is 188 Å². The van der Waals surface area contributed by atoms with Crippen LogP contribution in [0.15, 0.2) is 66.7 Å². The fourth-order valence-electron chi connectivity index (χ4n) is 5.02. The average molecular weight is 429 g/mol. The third-order valence-corrected chi connectivity index (χ3v) is 6.96. The largest absolute Gasteiger partial charge is 0.375 e. The Kier molecular flexibility index (Phi) is 5.31. The minimum Gasteiger partial charge on any atom is -0.375 e. The van der Waals surface area contributed by atoms with Crippen LogP contribution in [0, 0.1) is 5.92 Å². The Balaban J connectivity index is 1.45. The number of hydrogen-bond donors (Lipinski definition) is 1. The van der Waals surface area contributed by atoms with Gasteiger partial charge in [0.2, 0.25) is 0 Å². The van der Waals surface area contributed by atoms with E-state index in [1.165, 1.54) is 0 Å². The Morgan fingerprint density at radius 3 is 2.50 bits per heavy atom. The molecule has 1 saturated heterocycles. The highest BCUT2D eigenvalue weighted by atomic mass is 16.3. The molecule has 164 valence electrons. The van der Waals surface area contributed by atoms with Crippen LogP contribution in [0.5, 0.6) is 0 Å². The van der Waals surface area contributed by atoms with Crippen LogP contribution in [0.25, 0.3) is 10.8 Å². The number of carbonyl (C=O) groups is 2. The van der Waals surface area contributed by atoms with Gasteiger partial charge in [-0.25, -0.2) is 0 Å². The molecule has 2 aliphatic heterocycles. The van der Waals surface area contributed by atoms with Gasteiger partial charge in [-0.15, -0.1) is 0 Å². The first-order valence-electron chi connectivity index (χ1n) is 11.3. The number of Topliss-reactive ketones (excluding diaryl/α,β-unsaturated/α-hetero) is 1. The van der Waals surface area contributed by atoms with Crippen molar-refractivity contribution in [1.29, 1.82) is 0 Å². The number of rotatable bonds is 5.